The van der Waals surface area contributed by atoms with E-state index < -0.39 is 0 Å². The van der Waals surface area contributed by atoms with E-state index in [1.165, 1.54) is 58.2 Å². The van der Waals surface area contributed by atoms with Crippen LogP contribution < -0.4 is 10.6 Å². The minimum Gasteiger partial charge on any atom is -0.357 e. The Hall–Kier alpha value is -0.420. The molecule has 0 radical (unpaired) electrons. The molecular formula is C18H36N4S. The summed E-state index contributed by atoms with van der Waals surface area (Å²) in [5.74, 6) is 1.94. The van der Waals surface area contributed by atoms with Gasteiger partial charge in [0.1, 0.15) is 0 Å². The molecule has 4 nitrogen and oxygen atoms in total. The molecule has 2 fully saturated rings. The summed E-state index contributed by atoms with van der Waals surface area (Å²) >= 11 is 2.01. The second kappa shape index (κ2) is 10.4. The first-order chi connectivity index (χ1) is 11.2. The predicted octanol–water partition coefficient (Wildman–Crippen LogP) is 2.95. The van der Waals surface area contributed by atoms with Gasteiger partial charge in [-0.2, -0.15) is 11.8 Å². The zero-order valence-electron chi connectivity index (χ0n) is 15.3. The third kappa shape index (κ3) is 6.92. The minimum atomic E-state index is 0.605. The number of aliphatic imine (C=N–C) groups is 1. The average Bonchev–Trinajstić information content (AvgIpc) is 3.01. The second-order valence-electron chi connectivity index (χ2n) is 7.15. The number of thioether (sulfide) groups is 1. The Labute approximate surface area is 147 Å². The SMILES string of the molecule is CCNC(=NCCCN1CCC(C)CC1)NC1CCC(SC)C1. The second-order valence-corrected chi connectivity index (χ2v) is 8.29. The van der Waals surface area contributed by atoms with E-state index in [2.05, 4.69) is 35.6 Å². The van der Waals surface area contributed by atoms with Gasteiger partial charge in [-0.1, -0.05) is 6.92 Å². The lowest BCUT2D eigenvalue weighted by Crippen LogP contribution is -2.42. The summed E-state index contributed by atoms with van der Waals surface area (Å²) in [5, 5.41) is 7.87. The highest BCUT2D eigenvalue weighted by atomic mass is 32.2. The van der Waals surface area contributed by atoms with Gasteiger partial charge < -0.3 is 15.5 Å². The van der Waals surface area contributed by atoms with Gasteiger partial charge in [0.05, 0.1) is 0 Å². The molecule has 2 aliphatic rings. The van der Waals surface area contributed by atoms with E-state index in [1.807, 2.05) is 11.8 Å². The van der Waals surface area contributed by atoms with Gasteiger partial charge in [0, 0.05) is 24.4 Å². The van der Waals surface area contributed by atoms with Crippen LogP contribution in [0.2, 0.25) is 0 Å². The monoisotopic (exact) mass is 340 g/mol. The molecule has 1 saturated heterocycles. The number of hydrogen-bond donors (Lipinski definition) is 2. The summed E-state index contributed by atoms with van der Waals surface area (Å²) in [7, 11) is 0. The Morgan fingerprint density at radius 1 is 1.22 bits per heavy atom. The molecule has 1 aliphatic carbocycles. The standard InChI is InChI=1S/C18H36N4S/c1-4-19-18(21-16-6-7-17(14-16)23-3)20-10-5-11-22-12-8-15(2)9-13-22/h15-17H,4-14H2,1-3H3,(H2,19,20,21). The third-order valence-corrected chi connectivity index (χ3v) is 6.28. The average molecular weight is 341 g/mol. The normalized spacial score (nSPS) is 27.3. The number of nitrogens with one attached hydrogen (secondary N) is 2. The molecule has 134 valence electrons. The molecule has 1 aliphatic heterocycles. The highest BCUT2D eigenvalue weighted by molar-refractivity contribution is 7.99. The lowest BCUT2D eigenvalue weighted by molar-refractivity contribution is 0.192. The lowest BCUT2D eigenvalue weighted by atomic mass is 9.99. The molecule has 1 saturated carbocycles. The molecule has 23 heavy (non-hydrogen) atoms. The van der Waals surface area contributed by atoms with Crippen molar-refractivity contribution in [2.45, 2.75) is 63.7 Å². The van der Waals surface area contributed by atoms with Crippen LogP contribution in [0.4, 0.5) is 0 Å². The molecule has 0 aromatic rings. The van der Waals surface area contributed by atoms with Crippen molar-refractivity contribution in [2.75, 3.05) is 39.0 Å². The van der Waals surface area contributed by atoms with E-state index in [1.54, 1.807) is 0 Å². The molecule has 2 rings (SSSR count). The topological polar surface area (TPSA) is 39.7 Å². The number of nitrogens with zero attached hydrogens (tertiary/aromatic N) is 2. The Morgan fingerprint density at radius 2 is 2.00 bits per heavy atom. The van der Waals surface area contributed by atoms with Crippen molar-refractivity contribution in [3.8, 4) is 0 Å². The summed E-state index contributed by atoms with van der Waals surface area (Å²) < 4.78 is 0. The number of piperidine rings is 1. The fraction of sp³-hybridized carbons (Fsp3) is 0.944. The van der Waals surface area contributed by atoms with Gasteiger partial charge in [-0.05, 0) is 77.3 Å². The number of likely N-dealkylation sites (tertiary alicyclic amines) is 1. The van der Waals surface area contributed by atoms with Gasteiger partial charge in [0.2, 0.25) is 0 Å². The molecule has 0 amide bonds. The summed E-state index contributed by atoms with van der Waals surface area (Å²) in [6.45, 7) is 10.1. The molecule has 0 spiro atoms. The fourth-order valence-electron chi connectivity index (χ4n) is 3.57. The van der Waals surface area contributed by atoms with Crippen LogP contribution in [0.1, 0.15) is 52.4 Å². The zero-order valence-corrected chi connectivity index (χ0v) is 16.1. The van der Waals surface area contributed by atoms with E-state index in [4.69, 9.17) is 4.99 Å². The van der Waals surface area contributed by atoms with Crippen LogP contribution >= 0.6 is 11.8 Å². The van der Waals surface area contributed by atoms with E-state index >= 15 is 0 Å². The van der Waals surface area contributed by atoms with Crippen molar-refractivity contribution in [1.29, 1.82) is 0 Å². The maximum Gasteiger partial charge on any atom is 0.191 e. The van der Waals surface area contributed by atoms with Crippen molar-refractivity contribution in [2.24, 2.45) is 10.9 Å². The van der Waals surface area contributed by atoms with Crippen molar-refractivity contribution in [1.82, 2.24) is 15.5 Å². The minimum absolute atomic E-state index is 0.605. The summed E-state index contributed by atoms with van der Waals surface area (Å²) in [4.78, 5) is 7.40. The van der Waals surface area contributed by atoms with Crippen molar-refractivity contribution in [3.05, 3.63) is 0 Å². The maximum atomic E-state index is 4.79. The van der Waals surface area contributed by atoms with E-state index in [-0.39, 0.29) is 0 Å². The Bertz CT molecular complexity index is 353. The van der Waals surface area contributed by atoms with Crippen molar-refractivity contribution >= 4 is 17.7 Å². The van der Waals surface area contributed by atoms with E-state index in [0.29, 0.717) is 6.04 Å². The van der Waals surface area contributed by atoms with Gasteiger partial charge in [-0.15, -0.1) is 0 Å². The van der Waals surface area contributed by atoms with E-state index in [0.717, 1.165) is 30.2 Å². The molecule has 1 heterocycles. The first-order valence-electron chi connectivity index (χ1n) is 9.51. The first-order valence-corrected chi connectivity index (χ1v) is 10.8. The maximum absolute atomic E-state index is 4.79. The predicted molar refractivity (Wildman–Crippen MR) is 104 cm³/mol. The summed E-state index contributed by atoms with van der Waals surface area (Å²) in [6.07, 6.45) is 10.0. The van der Waals surface area contributed by atoms with Gasteiger partial charge in [-0.25, -0.2) is 0 Å². The highest BCUT2D eigenvalue weighted by Gasteiger charge is 2.24. The van der Waals surface area contributed by atoms with Crippen LogP contribution in [-0.2, 0) is 0 Å². The van der Waals surface area contributed by atoms with Gasteiger partial charge in [-0.3, -0.25) is 4.99 Å². The number of hydrogen-bond acceptors (Lipinski definition) is 3. The van der Waals surface area contributed by atoms with E-state index in [9.17, 15) is 0 Å². The van der Waals surface area contributed by atoms with Crippen LogP contribution in [0.3, 0.4) is 0 Å². The largest absolute Gasteiger partial charge is 0.357 e. The number of guanidine groups is 1. The van der Waals surface area contributed by atoms with Crippen LogP contribution in [-0.4, -0.2) is 61.1 Å². The molecule has 5 heteroatoms. The summed E-state index contributed by atoms with van der Waals surface area (Å²) in [6, 6.07) is 0.605. The molecular weight excluding hydrogens is 304 g/mol. The Balaban J connectivity index is 1.67. The van der Waals surface area contributed by atoms with Gasteiger partial charge in [0.15, 0.2) is 5.96 Å². The molecule has 0 bridgehead atoms. The zero-order chi connectivity index (χ0) is 16.5. The molecule has 0 aromatic carbocycles. The third-order valence-electron chi connectivity index (χ3n) is 5.18. The van der Waals surface area contributed by atoms with Crippen LogP contribution in [0.5, 0.6) is 0 Å². The smallest absolute Gasteiger partial charge is 0.191 e. The van der Waals surface area contributed by atoms with Crippen molar-refractivity contribution in [3.63, 3.8) is 0 Å². The van der Waals surface area contributed by atoms with Gasteiger partial charge >= 0.3 is 0 Å². The highest BCUT2D eigenvalue weighted by Crippen LogP contribution is 2.28. The summed E-state index contributed by atoms with van der Waals surface area (Å²) in [5.41, 5.74) is 0. The quantitative estimate of drug-likeness (QED) is 0.425. The lowest BCUT2D eigenvalue weighted by Gasteiger charge is -2.29. The van der Waals surface area contributed by atoms with Crippen LogP contribution in [0, 0.1) is 5.92 Å². The van der Waals surface area contributed by atoms with Crippen molar-refractivity contribution < 1.29 is 0 Å². The first kappa shape index (κ1) is 18.9. The van der Waals surface area contributed by atoms with Gasteiger partial charge in [0.25, 0.3) is 0 Å². The Morgan fingerprint density at radius 3 is 2.65 bits per heavy atom. The molecule has 2 unspecified atom stereocenters. The van der Waals surface area contributed by atoms with Crippen LogP contribution in [0.15, 0.2) is 4.99 Å². The Kier molecular flexibility index (Phi) is 8.59. The fourth-order valence-corrected chi connectivity index (χ4v) is 4.37. The molecule has 2 atom stereocenters. The molecule has 2 N–H and O–H groups in total. The molecule has 0 aromatic heterocycles. The van der Waals surface area contributed by atoms with Crippen LogP contribution in [0.25, 0.3) is 0 Å². The number of rotatable bonds is 7.